The third-order valence-corrected chi connectivity index (χ3v) is 6.25. The smallest absolute Gasteiger partial charge is 0.271 e. The molecule has 0 saturated carbocycles. The van der Waals surface area contributed by atoms with Crippen LogP contribution in [0.25, 0.3) is 11.4 Å². The van der Waals surface area contributed by atoms with Crippen LogP contribution in [-0.4, -0.2) is 18.6 Å². The highest BCUT2D eigenvalue weighted by Gasteiger charge is 2.17. The lowest BCUT2D eigenvalue weighted by Gasteiger charge is -2.07. The topological polar surface area (TPSA) is 85.1 Å². The normalized spacial score (nSPS) is 11.6. The SMILES string of the molecule is CCc1ccc(S(=O)(=O)Nc2cccc(-c3noc(C)n3)c2)s1. The van der Waals surface area contributed by atoms with Gasteiger partial charge < -0.3 is 4.52 Å². The number of hydrogen-bond acceptors (Lipinski definition) is 6. The van der Waals surface area contributed by atoms with Gasteiger partial charge in [-0.15, -0.1) is 11.3 Å². The van der Waals surface area contributed by atoms with Crippen molar-refractivity contribution in [3.8, 4) is 11.4 Å². The highest BCUT2D eigenvalue weighted by Crippen LogP contribution is 2.26. The van der Waals surface area contributed by atoms with Crippen LogP contribution in [0.1, 0.15) is 17.7 Å². The van der Waals surface area contributed by atoms with Crippen molar-refractivity contribution in [3.05, 3.63) is 47.2 Å². The number of aromatic nitrogens is 2. The number of benzene rings is 1. The molecule has 0 aliphatic rings. The molecule has 0 fully saturated rings. The fraction of sp³-hybridized carbons (Fsp3) is 0.200. The van der Waals surface area contributed by atoms with Gasteiger partial charge in [-0.05, 0) is 30.7 Å². The maximum atomic E-state index is 12.4. The van der Waals surface area contributed by atoms with Gasteiger partial charge in [-0.3, -0.25) is 4.72 Å². The number of nitrogens with one attached hydrogen (secondary N) is 1. The van der Waals surface area contributed by atoms with Crippen LogP contribution in [0.3, 0.4) is 0 Å². The van der Waals surface area contributed by atoms with Gasteiger partial charge in [0.2, 0.25) is 11.7 Å². The van der Waals surface area contributed by atoms with Crippen LogP contribution in [-0.2, 0) is 16.4 Å². The van der Waals surface area contributed by atoms with Crippen molar-refractivity contribution in [2.24, 2.45) is 0 Å². The average Bonchev–Trinajstić information content (AvgIpc) is 3.16. The molecule has 23 heavy (non-hydrogen) atoms. The molecule has 120 valence electrons. The molecular weight excluding hydrogens is 334 g/mol. The Morgan fingerprint density at radius 3 is 2.74 bits per heavy atom. The van der Waals surface area contributed by atoms with Crippen molar-refractivity contribution in [2.75, 3.05) is 4.72 Å². The Morgan fingerprint density at radius 1 is 1.26 bits per heavy atom. The van der Waals surface area contributed by atoms with Gasteiger partial charge in [-0.2, -0.15) is 4.98 Å². The van der Waals surface area contributed by atoms with Crippen LogP contribution in [0.4, 0.5) is 5.69 Å². The van der Waals surface area contributed by atoms with E-state index in [2.05, 4.69) is 14.9 Å². The van der Waals surface area contributed by atoms with E-state index in [1.807, 2.05) is 13.0 Å². The highest BCUT2D eigenvalue weighted by atomic mass is 32.2. The number of thiophene rings is 1. The Bertz CT molecular complexity index is 929. The van der Waals surface area contributed by atoms with Gasteiger partial charge >= 0.3 is 0 Å². The second-order valence-electron chi connectivity index (χ2n) is 4.90. The maximum Gasteiger partial charge on any atom is 0.271 e. The summed E-state index contributed by atoms with van der Waals surface area (Å²) in [5, 5.41) is 3.83. The van der Waals surface area contributed by atoms with Crippen molar-refractivity contribution in [2.45, 2.75) is 24.5 Å². The Hall–Kier alpha value is -2.19. The summed E-state index contributed by atoms with van der Waals surface area (Å²) in [4.78, 5) is 5.17. The first kappa shape index (κ1) is 15.7. The average molecular weight is 349 g/mol. The molecule has 0 saturated heterocycles. The van der Waals surface area contributed by atoms with Crippen LogP contribution >= 0.6 is 11.3 Å². The van der Waals surface area contributed by atoms with E-state index in [0.717, 1.165) is 11.3 Å². The molecule has 2 heterocycles. The molecule has 0 unspecified atom stereocenters. The summed E-state index contributed by atoms with van der Waals surface area (Å²) < 4.78 is 32.7. The van der Waals surface area contributed by atoms with Crippen LogP contribution in [0.2, 0.25) is 0 Å². The zero-order valence-electron chi connectivity index (χ0n) is 12.6. The van der Waals surface area contributed by atoms with E-state index in [9.17, 15) is 8.42 Å². The van der Waals surface area contributed by atoms with E-state index >= 15 is 0 Å². The lowest BCUT2D eigenvalue weighted by molar-refractivity contribution is 0.394. The van der Waals surface area contributed by atoms with Crippen LogP contribution in [0.15, 0.2) is 45.1 Å². The maximum absolute atomic E-state index is 12.4. The lowest BCUT2D eigenvalue weighted by atomic mass is 10.2. The number of rotatable bonds is 5. The predicted molar refractivity (Wildman–Crippen MR) is 89.0 cm³/mol. The van der Waals surface area contributed by atoms with Gasteiger partial charge in [0.05, 0.1) is 0 Å². The first-order valence-corrected chi connectivity index (χ1v) is 9.30. The zero-order chi connectivity index (χ0) is 16.4. The summed E-state index contributed by atoms with van der Waals surface area (Å²) in [6.07, 6.45) is 0.812. The van der Waals surface area contributed by atoms with Gasteiger partial charge in [0.1, 0.15) is 4.21 Å². The molecule has 0 radical (unpaired) electrons. The third-order valence-electron chi connectivity index (χ3n) is 3.15. The summed E-state index contributed by atoms with van der Waals surface area (Å²) in [6, 6.07) is 10.3. The Kier molecular flexibility index (Phi) is 4.18. The third kappa shape index (κ3) is 3.43. The molecule has 0 spiro atoms. The molecule has 0 amide bonds. The minimum Gasteiger partial charge on any atom is -0.339 e. The molecular formula is C15H15N3O3S2. The first-order chi connectivity index (χ1) is 11.0. The van der Waals surface area contributed by atoms with Crippen LogP contribution in [0.5, 0.6) is 0 Å². The van der Waals surface area contributed by atoms with E-state index in [4.69, 9.17) is 4.52 Å². The molecule has 2 aromatic heterocycles. The van der Waals surface area contributed by atoms with E-state index in [-0.39, 0.29) is 0 Å². The van der Waals surface area contributed by atoms with Crippen molar-refractivity contribution >= 4 is 27.0 Å². The number of anilines is 1. The van der Waals surface area contributed by atoms with Crippen molar-refractivity contribution in [1.29, 1.82) is 0 Å². The molecule has 6 nitrogen and oxygen atoms in total. The molecule has 8 heteroatoms. The second-order valence-corrected chi connectivity index (χ2v) is 7.98. The van der Waals surface area contributed by atoms with Gasteiger partial charge in [-0.1, -0.05) is 24.2 Å². The molecule has 3 rings (SSSR count). The van der Waals surface area contributed by atoms with Crippen LogP contribution in [0, 0.1) is 6.92 Å². The number of aryl methyl sites for hydroxylation is 2. The van der Waals surface area contributed by atoms with Crippen molar-refractivity contribution in [1.82, 2.24) is 10.1 Å². The summed E-state index contributed by atoms with van der Waals surface area (Å²) >= 11 is 1.27. The molecule has 0 bridgehead atoms. The first-order valence-electron chi connectivity index (χ1n) is 7.00. The number of sulfonamides is 1. The summed E-state index contributed by atoms with van der Waals surface area (Å²) in [5.41, 5.74) is 1.14. The Labute approximate surface area is 138 Å². The monoisotopic (exact) mass is 349 g/mol. The minimum atomic E-state index is -3.59. The van der Waals surface area contributed by atoms with E-state index in [0.29, 0.717) is 27.2 Å². The molecule has 0 aliphatic heterocycles. The minimum absolute atomic E-state index is 0.301. The zero-order valence-corrected chi connectivity index (χ0v) is 14.2. The molecule has 0 aliphatic carbocycles. The fourth-order valence-electron chi connectivity index (χ4n) is 2.04. The summed E-state index contributed by atoms with van der Waals surface area (Å²) in [5.74, 6) is 0.879. The fourth-order valence-corrected chi connectivity index (χ4v) is 4.38. The molecule has 3 aromatic rings. The van der Waals surface area contributed by atoms with Crippen molar-refractivity contribution in [3.63, 3.8) is 0 Å². The van der Waals surface area contributed by atoms with E-state index < -0.39 is 10.0 Å². The van der Waals surface area contributed by atoms with Gasteiger partial charge in [0, 0.05) is 23.1 Å². The predicted octanol–water partition coefficient (Wildman–Crippen LogP) is 3.47. The van der Waals surface area contributed by atoms with E-state index in [1.165, 1.54) is 11.3 Å². The standard InChI is InChI=1S/C15H15N3O3S2/c1-3-13-7-8-14(22-13)23(19,20)18-12-6-4-5-11(9-12)15-16-10(2)21-17-15/h4-9,18H,3H2,1-2H3. The van der Waals surface area contributed by atoms with Gasteiger partial charge in [0.15, 0.2) is 0 Å². The van der Waals surface area contributed by atoms with Crippen molar-refractivity contribution < 1.29 is 12.9 Å². The van der Waals surface area contributed by atoms with Gasteiger partial charge in [-0.25, -0.2) is 8.42 Å². The summed E-state index contributed by atoms with van der Waals surface area (Å²) in [6.45, 7) is 3.69. The van der Waals surface area contributed by atoms with Gasteiger partial charge in [0.25, 0.3) is 10.0 Å². The molecule has 1 N–H and O–H groups in total. The van der Waals surface area contributed by atoms with E-state index in [1.54, 1.807) is 37.3 Å². The van der Waals surface area contributed by atoms with Crippen LogP contribution < -0.4 is 4.72 Å². The number of nitrogens with zero attached hydrogens (tertiary/aromatic N) is 2. The highest BCUT2D eigenvalue weighted by molar-refractivity contribution is 7.94. The summed E-state index contributed by atoms with van der Waals surface area (Å²) in [7, 11) is -3.59. The lowest BCUT2D eigenvalue weighted by Crippen LogP contribution is -2.11. The number of hydrogen-bond donors (Lipinski definition) is 1. The molecule has 1 aromatic carbocycles. The molecule has 0 atom stereocenters. The second kappa shape index (κ2) is 6.13. The largest absolute Gasteiger partial charge is 0.339 e. The Morgan fingerprint density at radius 2 is 2.09 bits per heavy atom. The quantitative estimate of drug-likeness (QED) is 0.762. The Balaban J connectivity index is 1.88.